The number of nitrogens with one attached hydrogen (secondary N) is 2. The van der Waals surface area contributed by atoms with Crippen molar-refractivity contribution in [2.45, 2.75) is 18.9 Å². The van der Waals surface area contributed by atoms with Crippen LogP contribution in [0.25, 0.3) is 22.4 Å². The van der Waals surface area contributed by atoms with Crippen molar-refractivity contribution < 1.29 is 0 Å². The molecule has 2 aromatic heterocycles. The predicted octanol–water partition coefficient (Wildman–Crippen LogP) is 3.75. The summed E-state index contributed by atoms with van der Waals surface area (Å²) in [6.07, 6.45) is 5.94. The van der Waals surface area contributed by atoms with Crippen LogP contribution in [0, 0.1) is 11.8 Å². The van der Waals surface area contributed by atoms with Crippen LogP contribution in [0.5, 0.6) is 0 Å². The molecule has 0 bridgehead atoms. The molecule has 0 radical (unpaired) electrons. The van der Waals surface area contributed by atoms with E-state index in [1.54, 1.807) is 12.4 Å². The largest absolute Gasteiger partial charge is 0.369 e. The standard InChI is InChI=1S/C27H27N7/c1-33-11-13-34(14-12-33)23-9-10-24-25(16-23)32-26(31-24)21-4-2-3-19(15-21)5-6-20-17-28-27(29-18-20)30-22-7-8-22/h2-4,9-10,15-18,22H,7-8,11-14H2,1H3,(H,31,32)(H,28,29,30). The molecule has 2 N–H and O–H groups in total. The van der Waals surface area contributed by atoms with Gasteiger partial charge in [0.25, 0.3) is 0 Å². The summed E-state index contributed by atoms with van der Waals surface area (Å²) in [5, 5.41) is 3.29. The third kappa shape index (κ3) is 4.59. The number of aromatic nitrogens is 4. The molecule has 7 nitrogen and oxygen atoms in total. The van der Waals surface area contributed by atoms with E-state index in [1.807, 2.05) is 12.1 Å². The van der Waals surface area contributed by atoms with Crippen LogP contribution in [0.4, 0.5) is 11.6 Å². The summed E-state index contributed by atoms with van der Waals surface area (Å²) in [5.74, 6) is 7.93. The van der Waals surface area contributed by atoms with Gasteiger partial charge < -0.3 is 20.1 Å². The molecule has 1 aliphatic heterocycles. The van der Waals surface area contributed by atoms with Crippen molar-refractivity contribution in [2.75, 3.05) is 43.4 Å². The van der Waals surface area contributed by atoms with Crippen LogP contribution in [0.3, 0.4) is 0 Å². The number of imidazole rings is 1. The molecule has 3 heterocycles. The van der Waals surface area contributed by atoms with Crippen LogP contribution in [0.15, 0.2) is 54.9 Å². The highest BCUT2D eigenvalue weighted by atomic mass is 15.2. The summed E-state index contributed by atoms with van der Waals surface area (Å²) in [6.45, 7) is 4.28. The quantitative estimate of drug-likeness (QED) is 0.463. The maximum atomic E-state index is 4.82. The number of aromatic amines is 1. The van der Waals surface area contributed by atoms with Gasteiger partial charge in [0.15, 0.2) is 0 Å². The fourth-order valence-electron chi connectivity index (χ4n) is 4.16. The van der Waals surface area contributed by atoms with Crippen molar-refractivity contribution >= 4 is 22.7 Å². The van der Waals surface area contributed by atoms with Gasteiger partial charge >= 0.3 is 0 Å². The molecule has 2 fully saturated rings. The lowest BCUT2D eigenvalue weighted by molar-refractivity contribution is 0.313. The van der Waals surface area contributed by atoms with E-state index in [1.165, 1.54) is 18.5 Å². The first-order valence-corrected chi connectivity index (χ1v) is 11.8. The minimum absolute atomic E-state index is 0.538. The van der Waals surface area contributed by atoms with Crippen LogP contribution in [0.1, 0.15) is 24.0 Å². The van der Waals surface area contributed by atoms with E-state index in [4.69, 9.17) is 4.98 Å². The molecule has 7 heteroatoms. The van der Waals surface area contributed by atoms with Crippen LogP contribution in [-0.2, 0) is 0 Å². The molecule has 1 saturated carbocycles. The third-order valence-electron chi connectivity index (χ3n) is 6.38. The van der Waals surface area contributed by atoms with Crippen LogP contribution >= 0.6 is 0 Å². The van der Waals surface area contributed by atoms with Crippen molar-refractivity contribution in [1.29, 1.82) is 0 Å². The maximum Gasteiger partial charge on any atom is 0.222 e. The summed E-state index contributed by atoms with van der Waals surface area (Å²) in [6, 6.07) is 15.2. The van der Waals surface area contributed by atoms with Gasteiger partial charge in [0.2, 0.25) is 5.95 Å². The first kappa shape index (κ1) is 20.7. The van der Waals surface area contributed by atoms with Gasteiger partial charge in [0.05, 0.1) is 16.6 Å². The number of hydrogen-bond acceptors (Lipinski definition) is 6. The fraction of sp³-hybridized carbons (Fsp3) is 0.296. The molecule has 34 heavy (non-hydrogen) atoms. The van der Waals surface area contributed by atoms with E-state index in [2.05, 4.69) is 79.3 Å². The smallest absolute Gasteiger partial charge is 0.222 e. The predicted molar refractivity (Wildman–Crippen MR) is 136 cm³/mol. The Morgan fingerprint density at radius 2 is 1.74 bits per heavy atom. The van der Waals surface area contributed by atoms with E-state index < -0.39 is 0 Å². The first-order valence-electron chi connectivity index (χ1n) is 11.8. The molecular formula is C27H27N7. The monoisotopic (exact) mass is 449 g/mol. The molecule has 1 saturated heterocycles. The van der Waals surface area contributed by atoms with Gasteiger partial charge in [-0.1, -0.05) is 24.0 Å². The van der Waals surface area contributed by atoms with Gasteiger partial charge in [-0.2, -0.15) is 0 Å². The summed E-state index contributed by atoms with van der Waals surface area (Å²) < 4.78 is 0. The second-order valence-electron chi connectivity index (χ2n) is 9.12. The van der Waals surface area contributed by atoms with E-state index in [9.17, 15) is 0 Å². The first-order chi connectivity index (χ1) is 16.7. The highest BCUT2D eigenvalue weighted by molar-refractivity contribution is 5.83. The lowest BCUT2D eigenvalue weighted by Gasteiger charge is -2.34. The topological polar surface area (TPSA) is 73.0 Å². The minimum Gasteiger partial charge on any atom is -0.369 e. The average molecular weight is 450 g/mol. The zero-order valence-corrected chi connectivity index (χ0v) is 19.3. The van der Waals surface area contributed by atoms with Gasteiger partial charge in [-0.05, 0) is 50.2 Å². The Balaban J connectivity index is 1.20. The van der Waals surface area contributed by atoms with Gasteiger partial charge in [0.1, 0.15) is 5.82 Å². The third-order valence-corrected chi connectivity index (χ3v) is 6.38. The molecule has 0 atom stereocenters. The Morgan fingerprint density at radius 1 is 0.941 bits per heavy atom. The van der Waals surface area contributed by atoms with Gasteiger partial charge in [-0.15, -0.1) is 0 Å². The van der Waals surface area contributed by atoms with Crippen molar-refractivity contribution in [3.8, 4) is 23.2 Å². The van der Waals surface area contributed by atoms with Crippen LogP contribution in [-0.4, -0.2) is 64.1 Å². The molecule has 170 valence electrons. The number of likely N-dealkylation sites (N-methyl/N-ethyl adjacent to an activating group) is 1. The van der Waals surface area contributed by atoms with Crippen LogP contribution in [0.2, 0.25) is 0 Å². The number of H-pyrrole nitrogens is 1. The van der Waals surface area contributed by atoms with Crippen molar-refractivity contribution in [3.05, 3.63) is 66.0 Å². The number of fused-ring (bicyclic) bond motifs is 1. The van der Waals surface area contributed by atoms with E-state index in [0.717, 1.165) is 59.7 Å². The van der Waals surface area contributed by atoms with Gasteiger partial charge in [0, 0.05) is 61.4 Å². The molecule has 6 rings (SSSR count). The number of benzene rings is 2. The van der Waals surface area contributed by atoms with Gasteiger partial charge in [-0.25, -0.2) is 15.0 Å². The van der Waals surface area contributed by atoms with Crippen molar-refractivity contribution in [2.24, 2.45) is 0 Å². The Labute approximate surface area is 199 Å². The molecule has 2 aromatic carbocycles. The molecule has 0 spiro atoms. The second-order valence-corrected chi connectivity index (χ2v) is 9.12. The second kappa shape index (κ2) is 8.81. The molecule has 4 aromatic rings. The fourth-order valence-corrected chi connectivity index (χ4v) is 4.16. The zero-order valence-electron chi connectivity index (χ0n) is 19.3. The average Bonchev–Trinajstić information content (AvgIpc) is 3.58. The lowest BCUT2D eigenvalue weighted by atomic mass is 10.1. The normalized spacial score (nSPS) is 16.3. The lowest BCUT2D eigenvalue weighted by Crippen LogP contribution is -2.44. The summed E-state index contributed by atoms with van der Waals surface area (Å²) >= 11 is 0. The number of hydrogen-bond donors (Lipinski definition) is 2. The Morgan fingerprint density at radius 3 is 2.53 bits per heavy atom. The highest BCUT2D eigenvalue weighted by Crippen LogP contribution is 2.26. The van der Waals surface area contributed by atoms with Crippen molar-refractivity contribution in [1.82, 2.24) is 24.8 Å². The number of nitrogens with zero attached hydrogens (tertiary/aromatic N) is 5. The summed E-state index contributed by atoms with van der Waals surface area (Å²) in [7, 11) is 2.18. The summed E-state index contributed by atoms with van der Waals surface area (Å²) in [5.41, 5.74) is 6.02. The molecule has 0 amide bonds. The van der Waals surface area contributed by atoms with Gasteiger partial charge in [-0.3, -0.25) is 0 Å². The van der Waals surface area contributed by atoms with E-state index in [-0.39, 0.29) is 0 Å². The van der Waals surface area contributed by atoms with Crippen molar-refractivity contribution in [3.63, 3.8) is 0 Å². The maximum absolute atomic E-state index is 4.82. The highest BCUT2D eigenvalue weighted by Gasteiger charge is 2.21. The van der Waals surface area contributed by atoms with Crippen LogP contribution < -0.4 is 10.2 Å². The summed E-state index contributed by atoms with van der Waals surface area (Å²) in [4.78, 5) is 21.9. The molecule has 0 unspecified atom stereocenters. The Bertz CT molecular complexity index is 1370. The number of anilines is 2. The Hall–Kier alpha value is -3.89. The Kier molecular flexibility index (Phi) is 5.36. The molecular weight excluding hydrogens is 422 g/mol. The molecule has 1 aliphatic carbocycles. The van der Waals surface area contributed by atoms with E-state index in [0.29, 0.717) is 12.0 Å². The van der Waals surface area contributed by atoms with E-state index >= 15 is 0 Å². The molecule has 2 aliphatic rings. The minimum atomic E-state index is 0.538. The number of piperazine rings is 1. The SMILES string of the molecule is CN1CCN(c2ccc3nc(-c4cccc(C#Cc5cnc(NC6CC6)nc5)c4)[nH]c3c2)CC1. The zero-order chi connectivity index (χ0) is 22.9. The number of rotatable bonds is 4.